The van der Waals surface area contributed by atoms with Crippen LogP contribution in [0.15, 0.2) is 17.3 Å². The molecular weight excluding hydrogens is 222 g/mol. The van der Waals surface area contributed by atoms with E-state index >= 15 is 0 Å². The fraction of sp³-hybridized carbons (Fsp3) is 0.417. The van der Waals surface area contributed by atoms with Gasteiger partial charge in [-0.2, -0.15) is 0 Å². The summed E-state index contributed by atoms with van der Waals surface area (Å²) in [6.45, 7) is 1.92. The van der Waals surface area contributed by atoms with E-state index in [0.717, 1.165) is 12.0 Å². The number of oxime groups is 1. The third-order valence-corrected chi connectivity index (χ3v) is 2.76. The monoisotopic (exact) mass is 237 g/mol. The molecule has 1 aromatic rings. The highest BCUT2D eigenvalue weighted by atomic mass is 16.5. The second-order valence-corrected chi connectivity index (χ2v) is 3.87. The minimum absolute atomic E-state index is 0.0218. The van der Waals surface area contributed by atoms with Crippen LogP contribution in [0.3, 0.4) is 0 Å². The highest BCUT2D eigenvalue weighted by molar-refractivity contribution is 5.99. The van der Waals surface area contributed by atoms with Gasteiger partial charge in [0, 0.05) is 6.42 Å². The number of fused-ring (bicyclic) bond motifs is 1. The predicted molar refractivity (Wildman–Crippen MR) is 62.1 cm³/mol. The minimum atomic E-state index is -0.0218. The first-order valence-electron chi connectivity index (χ1n) is 5.34. The Morgan fingerprint density at radius 1 is 1.35 bits per heavy atom. The van der Waals surface area contributed by atoms with Crippen LogP contribution in [0.25, 0.3) is 0 Å². The summed E-state index contributed by atoms with van der Waals surface area (Å²) in [6, 6.07) is 3.77. The van der Waals surface area contributed by atoms with Crippen molar-refractivity contribution in [1.82, 2.24) is 0 Å². The minimum Gasteiger partial charge on any atom is -0.493 e. The number of benzene rings is 1. The molecule has 1 unspecified atom stereocenters. The first-order valence-corrected chi connectivity index (χ1v) is 5.34. The van der Waals surface area contributed by atoms with E-state index in [1.807, 2.05) is 19.1 Å². The Kier molecular flexibility index (Phi) is 3.08. The zero-order valence-corrected chi connectivity index (χ0v) is 10.1. The molecule has 0 aliphatic carbocycles. The predicted octanol–water partition coefficient (Wildman–Crippen LogP) is 1.80. The quantitative estimate of drug-likeness (QED) is 0.629. The maximum absolute atomic E-state index is 9.01. The van der Waals surface area contributed by atoms with Crippen molar-refractivity contribution in [2.24, 2.45) is 5.16 Å². The van der Waals surface area contributed by atoms with Crippen LogP contribution >= 0.6 is 0 Å². The fourth-order valence-corrected chi connectivity index (χ4v) is 2.05. The standard InChI is InChI=1S/C12H15NO4/c1-7-6-8-4-5-9(15-2)11(16-3)10(8)12(13-14)17-7/h4-5,7,14H,6H2,1-3H3. The van der Waals surface area contributed by atoms with Crippen LogP contribution in [0, 0.1) is 0 Å². The molecular formula is C12H15NO4. The Labute approximate surface area is 99.6 Å². The molecule has 0 radical (unpaired) electrons. The van der Waals surface area contributed by atoms with Gasteiger partial charge < -0.3 is 19.4 Å². The van der Waals surface area contributed by atoms with Gasteiger partial charge in [-0.1, -0.05) is 6.07 Å². The topological polar surface area (TPSA) is 60.3 Å². The van der Waals surface area contributed by atoms with Crippen LogP contribution in [0.5, 0.6) is 11.5 Å². The summed E-state index contributed by atoms with van der Waals surface area (Å²) in [7, 11) is 3.11. The summed E-state index contributed by atoms with van der Waals surface area (Å²) in [5.41, 5.74) is 1.68. The van der Waals surface area contributed by atoms with E-state index in [9.17, 15) is 0 Å². The number of hydrogen-bond acceptors (Lipinski definition) is 5. The van der Waals surface area contributed by atoms with E-state index in [0.29, 0.717) is 17.1 Å². The smallest absolute Gasteiger partial charge is 0.261 e. The van der Waals surface area contributed by atoms with Gasteiger partial charge >= 0.3 is 0 Å². The molecule has 1 aliphatic heterocycles. The Morgan fingerprint density at radius 2 is 2.12 bits per heavy atom. The zero-order chi connectivity index (χ0) is 12.4. The molecule has 1 aliphatic rings. The van der Waals surface area contributed by atoms with Crippen LogP contribution < -0.4 is 9.47 Å². The third kappa shape index (κ3) is 1.88. The van der Waals surface area contributed by atoms with Crippen molar-refractivity contribution in [2.45, 2.75) is 19.4 Å². The summed E-state index contributed by atoms with van der Waals surface area (Å²) in [4.78, 5) is 0. The number of ether oxygens (including phenoxy) is 3. The van der Waals surface area contributed by atoms with E-state index in [2.05, 4.69) is 5.16 Å². The molecule has 0 spiro atoms. The second-order valence-electron chi connectivity index (χ2n) is 3.87. The molecule has 0 aromatic heterocycles. The summed E-state index contributed by atoms with van der Waals surface area (Å²) in [5, 5.41) is 12.2. The van der Waals surface area contributed by atoms with E-state index in [1.165, 1.54) is 0 Å². The van der Waals surface area contributed by atoms with Gasteiger partial charge in [-0.3, -0.25) is 0 Å². The van der Waals surface area contributed by atoms with Crippen LogP contribution in [0.2, 0.25) is 0 Å². The maximum Gasteiger partial charge on any atom is 0.261 e. The third-order valence-electron chi connectivity index (χ3n) is 2.76. The number of nitrogens with zero attached hydrogens (tertiary/aromatic N) is 1. The highest BCUT2D eigenvalue weighted by Crippen LogP contribution is 2.37. The van der Waals surface area contributed by atoms with Crippen molar-refractivity contribution in [3.8, 4) is 11.5 Å². The molecule has 1 heterocycles. The molecule has 2 rings (SSSR count). The maximum atomic E-state index is 9.01. The molecule has 17 heavy (non-hydrogen) atoms. The Bertz CT molecular complexity index is 456. The van der Waals surface area contributed by atoms with Gasteiger partial charge in [0.05, 0.1) is 19.8 Å². The van der Waals surface area contributed by atoms with Crippen molar-refractivity contribution in [1.29, 1.82) is 0 Å². The molecule has 0 amide bonds. The summed E-state index contributed by atoms with van der Waals surface area (Å²) < 4.78 is 16.0. The second kappa shape index (κ2) is 4.53. The zero-order valence-electron chi connectivity index (χ0n) is 10.1. The lowest BCUT2D eigenvalue weighted by Crippen LogP contribution is -2.26. The molecule has 1 atom stereocenters. The first-order chi connectivity index (χ1) is 8.21. The van der Waals surface area contributed by atoms with E-state index in [-0.39, 0.29) is 12.0 Å². The largest absolute Gasteiger partial charge is 0.493 e. The molecule has 0 saturated carbocycles. The lowest BCUT2D eigenvalue weighted by Gasteiger charge is -2.25. The highest BCUT2D eigenvalue weighted by Gasteiger charge is 2.28. The Hall–Kier alpha value is -1.91. The van der Waals surface area contributed by atoms with Crippen molar-refractivity contribution in [2.75, 3.05) is 14.2 Å². The summed E-state index contributed by atoms with van der Waals surface area (Å²) >= 11 is 0. The summed E-state index contributed by atoms with van der Waals surface area (Å²) in [6.07, 6.45) is 0.723. The average molecular weight is 237 g/mol. The molecule has 0 saturated heterocycles. The number of methoxy groups -OCH3 is 2. The number of rotatable bonds is 2. The van der Waals surface area contributed by atoms with Crippen LogP contribution in [-0.4, -0.2) is 31.4 Å². The van der Waals surface area contributed by atoms with Crippen LogP contribution in [0.1, 0.15) is 18.1 Å². The van der Waals surface area contributed by atoms with E-state index in [4.69, 9.17) is 19.4 Å². The van der Waals surface area contributed by atoms with Gasteiger partial charge in [-0.05, 0) is 23.7 Å². The first kappa shape index (κ1) is 11.6. The lowest BCUT2D eigenvalue weighted by molar-refractivity contribution is 0.180. The summed E-state index contributed by atoms with van der Waals surface area (Å²) in [5.74, 6) is 1.30. The van der Waals surface area contributed by atoms with Crippen molar-refractivity contribution in [3.05, 3.63) is 23.3 Å². The SMILES string of the molecule is COc1ccc2c(c1OC)C(=NO)OC(C)C2. The Balaban J connectivity index is 2.63. The molecule has 92 valence electrons. The molecule has 5 heteroatoms. The fourth-order valence-electron chi connectivity index (χ4n) is 2.05. The molecule has 0 fully saturated rings. The molecule has 1 N–H and O–H groups in total. The lowest BCUT2D eigenvalue weighted by atomic mass is 9.97. The molecule has 0 bridgehead atoms. The van der Waals surface area contributed by atoms with E-state index in [1.54, 1.807) is 14.2 Å². The molecule has 1 aromatic carbocycles. The number of hydrogen-bond donors (Lipinski definition) is 1. The van der Waals surface area contributed by atoms with Crippen LogP contribution in [-0.2, 0) is 11.2 Å². The van der Waals surface area contributed by atoms with Gasteiger partial charge in [0.2, 0.25) is 0 Å². The van der Waals surface area contributed by atoms with Crippen molar-refractivity contribution in [3.63, 3.8) is 0 Å². The van der Waals surface area contributed by atoms with Crippen molar-refractivity contribution >= 4 is 5.90 Å². The average Bonchev–Trinajstić information content (AvgIpc) is 2.36. The van der Waals surface area contributed by atoms with Gasteiger partial charge in [-0.15, -0.1) is 0 Å². The van der Waals surface area contributed by atoms with Gasteiger partial charge in [0.1, 0.15) is 6.10 Å². The van der Waals surface area contributed by atoms with Gasteiger partial charge in [0.15, 0.2) is 11.5 Å². The molecule has 5 nitrogen and oxygen atoms in total. The Morgan fingerprint density at radius 3 is 2.71 bits per heavy atom. The normalized spacial score (nSPS) is 20.6. The van der Waals surface area contributed by atoms with Crippen molar-refractivity contribution < 1.29 is 19.4 Å². The van der Waals surface area contributed by atoms with Crippen LogP contribution in [0.4, 0.5) is 0 Å². The van der Waals surface area contributed by atoms with Gasteiger partial charge in [0.25, 0.3) is 5.90 Å². The van der Waals surface area contributed by atoms with Gasteiger partial charge in [-0.25, -0.2) is 0 Å². The van der Waals surface area contributed by atoms with E-state index < -0.39 is 0 Å².